The first kappa shape index (κ1) is 23.2. The Bertz CT molecular complexity index is 1290. The Balaban J connectivity index is 1.58. The molecule has 11 heteroatoms. The molecule has 8 nitrogen and oxygen atoms in total. The fourth-order valence-corrected chi connectivity index (χ4v) is 5.60. The Kier molecular flexibility index (Phi) is 6.42. The number of halogens is 2. The van der Waals surface area contributed by atoms with Gasteiger partial charge in [-0.1, -0.05) is 11.6 Å². The third-order valence-corrected chi connectivity index (χ3v) is 7.73. The third-order valence-electron chi connectivity index (χ3n) is 5.58. The molecule has 1 aliphatic rings. The van der Waals surface area contributed by atoms with Gasteiger partial charge < -0.3 is 9.84 Å². The topological polar surface area (TPSA) is 102 Å². The molecule has 0 radical (unpaired) electrons. The second-order valence-corrected chi connectivity index (χ2v) is 10.1. The van der Waals surface area contributed by atoms with E-state index in [0.29, 0.717) is 30.6 Å². The monoisotopic (exact) mass is 493 g/mol. The van der Waals surface area contributed by atoms with Crippen LogP contribution in [0.2, 0.25) is 5.02 Å². The molecule has 0 saturated heterocycles. The van der Waals surface area contributed by atoms with Gasteiger partial charge in [-0.3, -0.25) is 9.48 Å². The fraction of sp³-hybridized carbons (Fsp3) is 0.273. The van der Waals surface area contributed by atoms with Gasteiger partial charge in [-0.2, -0.15) is 9.40 Å². The molecule has 0 bridgehead atoms. The van der Waals surface area contributed by atoms with E-state index < -0.39 is 27.9 Å². The van der Waals surface area contributed by atoms with Gasteiger partial charge in [-0.15, -0.1) is 0 Å². The highest BCUT2D eigenvalue weighted by Gasteiger charge is 2.34. The van der Waals surface area contributed by atoms with Crippen LogP contribution in [-0.2, 0) is 27.8 Å². The first-order valence-corrected chi connectivity index (χ1v) is 12.0. The molecule has 0 amide bonds. The van der Waals surface area contributed by atoms with Crippen LogP contribution >= 0.6 is 11.6 Å². The van der Waals surface area contributed by atoms with Crippen LogP contribution < -0.4 is 4.74 Å². The van der Waals surface area contributed by atoms with E-state index in [2.05, 4.69) is 5.10 Å². The lowest BCUT2D eigenvalue weighted by Gasteiger charge is -2.31. The van der Waals surface area contributed by atoms with E-state index in [4.69, 9.17) is 21.4 Å². The number of carboxylic acid groups (broad SMARTS) is 1. The van der Waals surface area contributed by atoms with Crippen LogP contribution in [0, 0.1) is 5.82 Å². The van der Waals surface area contributed by atoms with Crippen LogP contribution in [0.15, 0.2) is 53.6 Å². The molecule has 1 aromatic heterocycles. The first-order valence-electron chi connectivity index (χ1n) is 10.1. The fourth-order valence-electron chi connectivity index (χ4n) is 3.93. The number of rotatable bonds is 7. The highest BCUT2D eigenvalue weighted by Crippen LogP contribution is 2.38. The molecule has 174 valence electrons. The van der Waals surface area contributed by atoms with Gasteiger partial charge in [0.15, 0.2) is 0 Å². The Morgan fingerprint density at radius 1 is 1.30 bits per heavy atom. The number of ether oxygens (including phenoxy) is 1. The van der Waals surface area contributed by atoms with Crippen molar-refractivity contribution < 1.29 is 27.4 Å². The number of nitrogens with zero attached hydrogens (tertiary/aromatic N) is 3. The van der Waals surface area contributed by atoms with Crippen molar-refractivity contribution >= 4 is 27.6 Å². The van der Waals surface area contributed by atoms with Gasteiger partial charge in [0.2, 0.25) is 10.0 Å². The normalized spacial score (nSPS) is 15.9. The highest BCUT2D eigenvalue weighted by molar-refractivity contribution is 7.89. The number of hydrogen-bond acceptors (Lipinski definition) is 5. The van der Waals surface area contributed by atoms with Crippen molar-refractivity contribution in [2.75, 3.05) is 7.05 Å². The van der Waals surface area contributed by atoms with Gasteiger partial charge >= 0.3 is 5.97 Å². The maximum atomic E-state index is 13.3. The SMILES string of the molecule is CN(C1CCCc2c1cnn2CC(=O)O)S(=O)(=O)c1ccc(Oc2ccc(F)cc2)c(Cl)c1. The standard InChI is InChI=1S/C22H21ClFN3O5S/c1-26(19-3-2-4-20-17(19)12-25-27(20)13-22(28)29)33(30,31)16-9-10-21(18(23)11-16)32-15-7-5-14(24)6-8-15/h5-12,19H,2-4,13H2,1H3,(H,28,29). The van der Waals surface area contributed by atoms with Crippen molar-refractivity contribution in [3.63, 3.8) is 0 Å². The van der Waals surface area contributed by atoms with Gasteiger partial charge in [0.1, 0.15) is 23.9 Å². The predicted molar refractivity (Wildman–Crippen MR) is 118 cm³/mol. The van der Waals surface area contributed by atoms with Crippen molar-refractivity contribution in [2.24, 2.45) is 0 Å². The zero-order valence-corrected chi connectivity index (χ0v) is 19.2. The van der Waals surface area contributed by atoms with Crippen LogP contribution in [0.1, 0.15) is 30.1 Å². The number of benzene rings is 2. The zero-order valence-electron chi connectivity index (χ0n) is 17.6. The van der Waals surface area contributed by atoms with Crippen LogP contribution in [0.25, 0.3) is 0 Å². The van der Waals surface area contributed by atoms with Crippen molar-refractivity contribution in [1.82, 2.24) is 14.1 Å². The second-order valence-electron chi connectivity index (χ2n) is 7.68. The number of aliphatic carboxylic acids is 1. The molecule has 0 spiro atoms. The molecule has 1 heterocycles. The summed E-state index contributed by atoms with van der Waals surface area (Å²) >= 11 is 6.29. The van der Waals surface area contributed by atoms with Crippen molar-refractivity contribution in [3.05, 3.63) is 70.8 Å². The molecule has 2 aromatic carbocycles. The lowest BCUT2D eigenvalue weighted by molar-refractivity contribution is -0.137. The van der Waals surface area contributed by atoms with E-state index in [9.17, 15) is 17.6 Å². The van der Waals surface area contributed by atoms with E-state index >= 15 is 0 Å². The van der Waals surface area contributed by atoms with Crippen molar-refractivity contribution in [1.29, 1.82) is 0 Å². The second kappa shape index (κ2) is 9.12. The summed E-state index contributed by atoms with van der Waals surface area (Å²) in [4.78, 5) is 11.1. The molecule has 0 aliphatic heterocycles. The minimum absolute atomic E-state index is 0.00786. The Labute approximate surface area is 195 Å². The number of fused-ring (bicyclic) bond motifs is 1. The quantitative estimate of drug-likeness (QED) is 0.528. The van der Waals surface area contributed by atoms with Crippen molar-refractivity contribution in [2.45, 2.75) is 36.7 Å². The molecule has 0 saturated carbocycles. The van der Waals surface area contributed by atoms with E-state index in [-0.39, 0.29) is 22.2 Å². The lowest BCUT2D eigenvalue weighted by Crippen LogP contribution is -2.33. The number of hydrogen-bond donors (Lipinski definition) is 1. The molecule has 1 atom stereocenters. The summed E-state index contributed by atoms with van der Waals surface area (Å²) in [5, 5.41) is 13.3. The van der Waals surface area contributed by atoms with Crippen LogP contribution in [0.3, 0.4) is 0 Å². The van der Waals surface area contributed by atoms with E-state index in [1.54, 1.807) is 6.20 Å². The van der Waals surface area contributed by atoms with Crippen LogP contribution in [-0.4, -0.2) is 40.6 Å². The number of aromatic nitrogens is 2. The predicted octanol–water partition coefficient (Wildman–Crippen LogP) is 4.25. The van der Waals surface area contributed by atoms with Crippen LogP contribution in [0.5, 0.6) is 11.5 Å². The molecule has 33 heavy (non-hydrogen) atoms. The van der Waals surface area contributed by atoms with Crippen LogP contribution in [0.4, 0.5) is 4.39 Å². The summed E-state index contributed by atoms with van der Waals surface area (Å²) in [6, 6.07) is 9.05. The summed E-state index contributed by atoms with van der Waals surface area (Å²) in [5.41, 5.74) is 1.44. The Morgan fingerprint density at radius 2 is 2.03 bits per heavy atom. The van der Waals surface area contributed by atoms with Gasteiger partial charge in [0.05, 0.1) is 22.2 Å². The molecule has 0 fully saturated rings. The van der Waals surface area contributed by atoms with E-state index in [0.717, 1.165) is 5.69 Å². The smallest absolute Gasteiger partial charge is 0.325 e. The van der Waals surface area contributed by atoms with Gasteiger partial charge in [-0.25, -0.2) is 12.8 Å². The minimum atomic E-state index is -3.92. The highest BCUT2D eigenvalue weighted by atomic mass is 35.5. The third kappa shape index (κ3) is 4.73. The van der Waals surface area contributed by atoms with Crippen molar-refractivity contribution in [3.8, 4) is 11.5 Å². The summed E-state index contributed by atoms with van der Waals surface area (Å²) in [5.74, 6) is -0.821. The Morgan fingerprint density at radius 3 is 2.70 bits per heavy atom. The maximum absolute atomic E-state index is 13.3. The molecule has 4 rings (SSSR count). The minimum Gasteiger partial charge on any atom is -0.480 e. The summed E-state index contributed by atoms with van der Waals surface area (Å²) in [6.07, 6.45) is 3.46. The van der Waals surface area contributed by atoms with Gasteiger partial charge in [0.25, 0.3) is 0 Å². The molecule has 3 aromatic rings. The van der Waals surface area contributed by atoms with E-state index in [1.165, 1.54) is 58.5 Å². The number of carbonyl (C=O) groups is 1. The average Bonchev–Trinajstić information content (AvgIpc) is 3.18. The molecule has 1 aliphatic carbocycles. The summed E-state index contributed by atoms with van der Waals surface area (Å²) in [7, 11) is -2.44. The number of sulfonamides is 1. The molecular formula is C22H21ClFN3O5S. The molecule has 1 unspecified atom stereocenters. The Hall–Kier alpha value is -2.95. The summed E-state index contributed by atoms with van der Waals surface area (Å²) in [6.45, 7) is -0.274. The average molecular weight is 494 g/mol. The molecule has 1 N–H and O–H groups in total. The lowest BCUT2D eigenvalue weighted by atomic mass is 9.93. The summed E-state index contributed by atoms with van der Waals surface area (Å²) < 4.78 is 48.1. The van der Waals surface area contributed by atoms with Gasteiger partial charge in [0, 0.05) is 18.3 Å². The maximum Gasteiger partial charge on any atom is 0.325 e. The number of carboxylic acids is 1. The first-order chi connectivity index (χ1) is 15.7. The van der Waals surface area contributed by atoms with E-state index in [1.807, 2.05) is 0 Å². The zero-order chi connectivity index (χ0) is 23.8. The largest absolute Gasteiger partial charge is 0.480 e. The van der Waals surface area contributed by atoms with Gasteiger partial charge in [-0.05, 0) is 61.7 Å². The molecular weight excluding hydrogens is 473 g/mol.